The van der Waals surface area contributed by atoms with Gasteiger partial charge >= 0.3 is 12.2 Å². The maximum Gasteiger partial charge on any atom is 0.411 e. The Bertz CT molecular complexity index is 919. The van der Waals surface area contributed by atoms with Crippen molar-refractivity contribution in [3.8, 4) is 0 Å². The van der Waals surface area contributed by atoms with Gasteiger partial charge in [-0.1, -0.05) is 24.3 Å². The minimum absolute atomic E-state index is 0.0505. The Morgan fingerprint density at radius 3 is 2.16 bits per heavy atom. The molecule has 168 valence electrons. The van der Waals surface area contributed by atoms with E-state index < -0.39 is 54.4 Å². The van der Waals surface area contributed by atoms with Crippen molar-refractivity contribution in [2.45, 2.75) is 19.3 Å². The summed E-state index contributed by atoms with van der Waals surface area (Å²) in [7, 11) is 0. The second kappa shape index (κ2) is 10.7. The van der Waals surface area contributed by atoms with E-state index in [1.807, 2.05) is 5.32 Å². The maximum absolute atomic E-state index is 13.5. The van der Waals surface area contributed by atoms with E-state index in [-0.39, 0.29) is 13.2 Å². The van der Waals surface area contributed by atoms with E-state index in [0.29, 0.717) is 17.2 Å². The van der Waals surface area contributed by atoms with Gasteiger partial charge in [0.05, 0.1) is 18.8 Å². The second-order valence-corrected chi connectivity index (χ2v) is 6.23. The molecule has 0 radical (unpaired) electrons. The van der Waals surface area contributed by atoms with E-state index in [0.717, 1.165) is 6.07 Å². The predicted octanol–water partition coefficient (Wildman–Crippen LogP) is 3.62. The molecule has 0 bridgehead atoms. The van der Waals surface area contributed by atoms with Gasteiger partial charge in [0.2, 0.25) is 5.91 Å². The van der Waals surface area contributed by atoms with Crippen LogP contribution in [0.2, 0.25) is 0 Å². The standard InChI is InChI=1S/C19H17F6N3O3/c20-13-5-6-14(17(22)16(13)21)28-15(29)8-27-18(30)26-7-11-1-3-12(4-2-11)9-31-10-19(23,24)25/h1-6H,7-10H2,(H,28,29)(H2,26,27,30). The lowest BCUT2D eigenvalue weighted by Crippen LogP contribution is -2.39. The molecule has 12 heteroatoms. The van der Waals surface area contributed by atoms with Gasteiger partial charge < -0.3 is 20.7 Å². The number of hydrogen-bond donors (Lipinski definition) is 3. The summed E-state index contributed by atoms with van der Waals surface area (Å²) in [6, 6.07) is 6.96. The lowest BCUT2D eigenvalue weighted by atomic mass is 10.1. The fourth-order valence-corrected chi connectivity index (χ4v) is 2.26. The van der Waals surface area contributed by atoms with Crippen molar-refractivity contribution >= 4 is 17.6 Å². The van der Waals surface area contributed by atoms with Crippen LogP contribution in [0.1, 0.15) is 11.1 Å². The van der Waals surface area contributed by atoms with Crippen LogP contribution in [0.4, 0.5) is 36.8 Å². The zero-order valence-corrected chi connectivity index (χ0v) is 15.8. The molecular formula is C19H17F6N3O3. The first-order valence-electron chi connectivity index (χ1n) is 8.72. The molecule has 2 aromatic carbocycles. The molecule has 3 N–H and O–H groups in total. The molecule has 0 saturated carbocycles. The van der Waals surface area contributed by atoms with Crippen LogP contribution in [0.3, 0.4) is 0 Å². The largest absolute Gasteiger partial charge is 0.411 e. The number of nitrogens with one attached hydrogen (secondary N) is 3. The zero-order chi connectivity index (χ0) is 23.0. The summed E-state index contributed by atoms with van der Waals surface area (Å²) in [6.45, 7) is -2.09. The third-order valence-corrected chi connectivity index (χ3v) is 3.73. The Labute approximate surface area is 172 Å². The number of ether oxygens (including phenoxy) is 1. The fourth-order valence-electron chi connectivity index (χ4n) is 2.26. The summed E-state index contributed by atoms with van der Waals surface area (Å²) < 4.78 is 80.1. The van der Waals surface area contributed by atoms with Crippen LogP contribution in [0.15, 0.2) is 36.4 Å². The Kier molecular flexibility index (Phi) is 8.25. The minimum Gasteiger partial charge on any atom is -0.367 e. The highest BCUT2D eigenvalue weighted by molar-refractivity contribution is 5.94. The SMILES string of the molecule is O=C(CNC(=O)NCc1ccc(COCC(F)(F)F)cc1)Nc1ccc(F)c(F)c1F. The van der Waals surface area contributed by atoms with Crippen molar-refractivity contribution in [1.29, 1.82) is 0 Å². The normalized spacial score (nSPS) is 11.2. The smallest absolute Gasteiger partial charge is 0.367 e. The molecule has 0 fully saturated rings. The topological polar surface area (TPSA) is 79.5 Å². The third kappa shape index (κ3) is 8.16. The van der Waals surface area contributed by atoms with Crippen molar-refractivity contribution in [2.75, 3.05) is 18.5 Å². The first kappa shape index (κ1) is 24.0. The summed E-state index contributed by atoms with van der Waals surface area (Å²) in [5.74, 6) is -5.58. The Hall–Kier alpha value is -3.28. The summed E-state index contributed by atoms with van der Waals surface area (Å²) >= 11 is 0. The lowest BCUT2D eigenvalue weighted by Gasteiger charge is -2.10. The fraction of sp³-hybridized carbons (Fsp3) is 0.263. The third-order valence-electron chi connectivity index (χ3n) is 3.73. The Morgan fingerprint density at radius 1 is 0.871 bits per heavy atom. The average molecular weight is 449 g/mol. The molecule has 0 atom stereocenters. The molecule has 31 heavy (non-hydrogen) atoms. The molecule has 0 unspecified atom stereocenters. The van der Waals surface area contributed by atoms with E-state index in [9.17, 15) is 35.9 Å². The molecule has 3 amide bonds. The van der Waals surface area contributed by atoms with Crippen molar-refractivity contribution in [1.82, 2.24) is 10.6 Å². The van der Waals surface area contributed by atoms with Crippen LogP contribution in [-0.4, -0.2) is 31.3 Å². The number of carbonyl (C=O) groups excluding carboxylic acids is 2. The first-order chi connectivity index (χ1) is 14.5. The number of benzene rings is 2. The number of hydrogen-bond acceptors (Lipinski definition) is 3. The van der Waals surface area contributed by atoms with Gasteiger partial charge in [-0.15, -0.1) is 0 Å². The highest BCUT2D eigenvalue weighted by Gasteiger charge is 2.27. The maximum atomic E-state index is 13.5. The molecule has 0 heterocycles. The number of anilines is 1. The molecule has 0 aliphatic carbocycles. The number of rotatable bonds is 8. The number of amides is 3. The molecule has 2 rings (SSSR count). The van der Waals surface area contributed by atoms with Crippen LogP contribution in [0, 0.1) is 17.5 Å². The predicted molar refractivity (Wildman–Crippen MR) is 97.3 cm³/mol. The number of halogens is 6. The quantitative estimate of drug-likeness (QED) is 0.426. The molecule has 0 saturated heterocycles. The molecule has 0 aromatic heterocycles. The van der Waals surface area contributed by atoms with Gasteiger partial charge in [0.15, 0.2) is 17.5 Å². The van der Waals surface area contributed by atoms with Gasteiger partial charge in [-0.05, 0) is 23.3 Å². The molecular weight excluding hydrogens is 432 g/mol. The van der Waals surface area contributed by atoms with Gasteiger partial charge in [0, 0.05) is 6.54 Å². The van der Waals surface area contributed by atoms with Crippen LogP contribution >= 0.6 is 0 Å². The van der Waals surface area contributed by atoms with E-state index in [1.54, 1.807) is 12.1 Å². The average Bonchev–Trinajstić information content (AvgIpc) is 2.71. The highest BCUT2D eigenvalue weighted by Crippen LogP contribution is 2.19. The van der Waals surface area contributed by atoms with E-state index in [2.05, 4.69) is 15.4 Å². The molecule has 0 spiro atoms. The monoisotopic (exact) mass is 449 g/mol. The summed E-state index contributed by atoms with van der Waals surface area (Å²) in [5.41, 5.74) is 0.562. The number of urea groups is 1. The van der Waals surface area contributed by atoms with E-state index in [4.69, 9.17) is 0 Å². The van der Waals surface area contributed by atoms with E-state index in [1.165, 1.54) is 12.1 Å². The summed E-state index contributed by atoms with van der Waals surface area (Å²) in [6.07, 6.45) is -4.41. The highest BCUT2D eigenvalue weighted by atomic mass is 19.4. The summed E-state index contributed by atoms with van der Waals surface area (Å²) in [5, 5.41) is 6.62. The van der Waals surface area contributed by atoms with Gasteiger partial charge in [0.25, 0.3) is 0 Å². The van der Waals surface area contributed by atoms with Crippen LogP contribution in [0.25, 0.3) is 0 Å². The van der Waals surface area contributed by atoms with Crippen molar-refractivity contribution in [3.05, 3.63) is 65.0 Å². The van der Waals surface area contributed by atoms with Gasteiger partial charge in [-0.3, -0.25) is 4.79 Å². The number of carbonyl (C=O) groups is 2. The molecule has 0 aliphatic heterocycles. The van der Waals surface area contributed by atoms with Crippen LogP contribution in [-0.2, 0) is 22.7 Å². The van der Waals surface area contributed by atoms with Crippen LogP contribution < -0.4 is 16.0 Å². The first-order valence-corrected chi connectivity index (χ1v) is 8.72. The van der Waals surface area contributed by atoms with Crippen LogP contribution in [0.5, 0.6) is 0 Å². The molecule has 0 aliphatic rings. The zero-order valence-electron chi connectivity index (χ0n) is 15.8. The van der Waals surface area contributed by atoms with Crippen molar-refractivity contribution in [3.63, 3.8) is 0 Å². The Morgan fingerprint density at radius 2 is 1.52 bits per heavy atom. The van der Waals surface area contributed by atoms with Crippen molar-refractivity contribution < 1.29 is 40.7 Å². The van der Waals surface area contributed by atoms with Gasteiger partial charge in [-0.2, -0.15) is 13.2 Å². The molecule has 6 nitrogen and oxygen atoms in total. The summed E-state index contributed by atoms with van der Waals surface area (Å²) in [4.78, 5) is 23.4. The van der Waals surface area contributed by atoms with Gasteiger partial charge in [0.1, 0.15) is 6.61 Å². The second-order valence-electron chi connectivity index (χ2n) is 6.23. The molecule has 2 aromatic rings. The Balaban J connectivity index is 1.72. The number of alkyl halides is 3. The minimum atomic E-state index is -4.41. The lowest BCUT2D eigenvalue weighted by molar-refractivity contribution is -0.176. The van der Waals surface area contributed by atoms with E-state index >= 15 is 0 Å². The van der Waals surface area contributed by atoms with Crippen molar-refractivity contribution in [2.24, 2.45) is 0 Å². The van der Waals surface area contributed by atoms with Gasteiger partial charge in [-0.25, -0.2) is 18.0 Å².